The summed E-state index contributed by atoms with van der Waals surface area (Å²) in [4.78, 5) is 0. The fourth-order valence-corrected chi connectivity index (χ4v) is 1.17. The average Bonchev–Trinajstić information content (AvgIpc) is 2.39. The third-order valence-corrected chi connectivity index (χ3v) is 1.98. The standard InChI is InChI=1S/C10H10.C6H6O/c1-2-3-7-10-8-5-4-6-9-10;7-6-4-2-1-3-5-6/h2-9H,1H2;1-5,7H. The molecule has 17 heavy (non-hydrogen) atoms. The van der Waals surface area contributed by atoms with Crippen molar-refractivity contribution >= 4 is 6.08 Å². The Morgan fingerprint density at radius 2 is 1.35 bits per heavy atom. The molecule has 0 aromatic heterocycles. The van der Waals surface area contributed by atoms with Gasteiger partial charge in [0.1, 0.15) is 5.75 Å². The maximum Gasteiger partial charge on any atom is 0.115 e. The van der Waals surface area contributed by atoms with Crippen molar-refractivity contribution in [1.29, 1.82) is 0 Å². The molecule has 86 valence electrons. The van der Waals surface area contributed by atoms with Gasteiger partial charge in [-0.05, 0) is 17.7 Å². The molecule has 0 spiro atoms. The van der Waals surface area contributed by atoms with Crippen molar-refractivity contribution in [2.24, 2.45) is 0 Å². The van der Waals surface area contributed by atoms with Crippen LogP contribution in [0.4, 0.5) is 0 Å². The fraction of sp³-hybridized carbons (Fsp3) is 0. The molecule has 1 N–H and O–H groups in total. The molecular weight excluding hydrogens is 208 g/mol. The summed E-state index contributed by atoms with van der Waals surface area (Å²) in [7, 11) is 0. The Morgan fingerprint density at radius 3 is 1.76 bits per heavy atom. The summed E-state index contributed by atoms with van der Waals surface area (Å²) in [6, 6.07) is 18.9. The minimum Gasteiger partial charge on any atom is -0.508 e. The Kier molecular flexibility index (Phi) is 5.97. The van der Waals surface area contributed by atoms with Crippen molar-refractivity contribution in [1.82, 2.24) is 0 Å². The number of hydrogen-bond acceptors (Lipinski definition) is 1. The molecule has 0 aliphatic carbocycles. The fourth-order valence-electron chi connectivity index (χ4n) is 1.17. The van der Waals surface area contributed by atoms with E-state index in [0.29, 0.717) is 5.75 Å². The molecule has 0 aliphatic heterocycles. The van der Waals surface area contributed by atoms with Gasteiger partial charge in [0.15, 0.2) is 0 Å². The Labute approximate surface area is 102 Å². The molecule has 0 atom stereocenters. The third kappa shape index (κ3) is 6.00. The molecule has 0 bridgehead atoms. The van der Waals surface area contributed by atoms with Gasteiger partial charge in [0.05, 0.1) is 0 Å². The van der Waals surface area contributed by atoms with E-state index in [1.165, 1.54) is 5.56 Å². The molecule has 2 aromatic carbocycles. The van der Waals surface area contributed by atoms with Gasteiger partial charge < -0.3 is 5.11 Å². The van der Waals surface area contributed by atoms with Gasteiger partial charge in [-0.2, -0.15) is 0 Å². The molecule has 0 heterocycles. The van der Waals surface area contributed by atoms with E-state index in [1.54, 1.807) is 30.3 Å². The quantitative estimate of drug-likeness (QED) is 0.755. The van der Waals surface area contributed by atoms with Gasteiger partial charge in [-0.25, -0.2) is 0 Å². The van der Waals surface area contributed by atoms with Crippen molar-refractivity contribution in [2.45, 2.75) is 0 Å². The highest BCUT2D eigenvalue weighted by molar-refractivity contribution is 5.50. The molecule has 0 saturated heterocycles. The summed E-state index contributed by atoms with van der Waals surface area (Å²) >= 11 is 0. The zero-order chi connectivity index (χ0) is 12.3. The van der Waals surface area contributed by atoms with Crippen LogP contribution in [0.2, 0.25) is 0 Å². The Balaban J connectivity index is 0.000000181. The van der Waals surface area contributed by atoms with Crippen LogP contribution in [0.15, 0.2) is 79.4 Å². The molecule has 1 heteroatoms. The lowest BCUT2D eigenvalue weighted by molar-refractivity contribution is 0.475. The summed E-state index contributed by atoms with van der Waals surface area (Å²) in [5, 5.41) is 8.63. The van der Waals surface area contributed by atoms with Crippen LogP contribution in [0.5, 0.6) is 5.75 Å². The Hall–Kier alpha value is -2.28. The largest absolute Gasteiger partial charge is 0.508 e. The number of aromatic hydroxyl groups is 1. The lowest BCUT2D eigenvalue weighted by Gasteiger charge is -1.87. The van der Waals surface area contributed by atoms with Gasteiger partial charge in [0.25, 0.3) is 0 Å². The van der Waals surface area contributed by atoms with Crippen LogP contribution in [0.1, 0.15) is 5.56 Å². The van der Waals surface area contributed by atoms with Gasteiger partial charge in [0, 0.05) is 0 Å². The monoisotopic (exact) mass is 224 g/mol. The lowest BCUT2D eigenvalue weighted by Crippen LogP contribution is -1.65. The highest BCUT2D eigenvalue weighted by Crippen LogP contribution is 2.02. The lowest BCUT2D eigenvalue weighted by atomic mass is 10.2. The first-order chi connectivity index (χ1) is 8.33. The Morgan fingerprint density at radius 1 is 0.824 bits per heavy atom. The van der Waals surface area contributed by atoms with Crippen LogP contribution in [0, 0.1) is 0 Å². The number of allylic oxidation sites excluding steroid dienone is 2. The van der Waals surface area contributed by atoms with E-state index in [4.69, 9.17) is 5.11 Å². The topological polar surface area (TPSA) is 20.2 Å². The van der Waals surface area contributed by atoms with Crippen molar-refractivity contribution in [3.63, 3.8) is 0 Å². The number of benzene rings is 2. The minimum atomic E-state index is 0.322. The van der Waals surface area contributed by atoms with Gasteiger partial charge >= 0.3 is 0 Å². The molecule has 0 amide bonds. The van der Waals surface area contributed by atoms with E-state index >= 15 is 0 Å². The van der Waals surface area contributed by atoms with Gasteiger partial charge in [0.2, 0.25) is 0 Å². The number of hydrogen-bond donors (Lipinski definition) is 1. The molecule has 0 aliphatic rings. The van der Waals surface area contributed by atoms with Crippen molar-refractivity contribution < 1.29 is 5.11 Å². The predicted octanol–water partition coefficient (Wildman–Crippen LogP) is 4.28. The van der Waals surface area contributed by atoms with E-state index in [0.717, 1.165) is 0 Å². The maximum atomic E-state index is 8.63. The van der Waals surface area contributed by atoms with Crippen LogP contribution < -0.4 is 0 Å². The summed E-state index contributed by atoms with van der Waals surface area (Å²) in [5.74, 6) is 0.322. The van der Waals surface area contributed by atoms with Crippen LogP contribution in [-0.4, -0.2) is 5.11 Å². The highest BCUT2D eigenvalue weighted by atomic mass is 16.3. The van der Waals surface area contributed by atoms with Gasteiger partial charge in [-0.3, -0.25) is 0 Å². The second-order valence-electron chi connectivity index (χ2n) is 3.34. The molecule has 0 saturated carbocycles. The number of phenolic OH excluding ortho intramolecular Hbond substituents is 1. The third-order valence-electron chi connectivity index (χ3n) is 1.98. The van der Waals surface area contributed by atoms with Crippen LogP contribution in [-0.2, 0) is 0 Å². The summed E-state index contributed by atoms with van der Waals surface area (Å²) in [5.41, 5.74) is 1.21. The Bertz CT molecular complexity index is 443. The summed E-state index contributed by atoms with van der Waals surface area (Å²) < 4.78 is 0. The normalized spacial score (nSPS) is 9.41. The van der Waals surface area contributed by atoms with E-state index < -0.39 is 0 Å². The first-order valence-electron chi connectivity index (χ1n) is 5.41. The van der Waals surface area contributed by atoms with Crippen molar-refractivity contribution in [2.75, 3.05) is 0 Å². The number of phenols is 1. The van der Waals surface area contributed by atoms with E-state index in [2.05, 4.69) is 18.7 Å². The van der Waals surface area contributed by atoms with Crippen molar-refractivity contribution in [3.05, 3.63) is 85.0 Å². The molecule has 0 unspecified atom stereocenters. The number of para-hydroxylation sites is 1. The average molecular weight is 224 g/mol. The molecule has 0 radical (unpaired) electrons. The SMILES string of the molecule is C=CC=Cc1ccccc1.Oc1ccccc1. The number of rotatable bonds is 2. The van der Waals surface area contributed by atoms with Crippen LogP contribution >= 0.6 is 0 Å². The van der Waals surface area contributed by atoms with E-state index in [-0.39, 0.29) is 0 Å². The zero-order valence-electron chi connectivity index (χ0n) is 9.66. The molecule has 1 nitrogen and oxygen atoms in total. The first-order valence-corrected chi connectivity index (χ1v) is 5.41. The smallest absolute Gasteiger partial charge is 0.115 e. The highest BCUT2D eigenvalue weighted by Gasteiger charge is 1.78. The molecule has 2 rings (SSSR count). The maximum absolute atomic E-state index is 8.63. The molecule has 2 aromatic rings. The van der Waals surface area contributed by atoms with Crippen LogP contribution in [0.25, 0.3) is 6.08 Å². The summed E-state index contributed by atoms with van der Waals surface area (Å²) in [6.07, 6.45) is 5.72. The van der Waals surface area contributed by atoms with E-state index in [9.17, 15) is 0 Å². The predicted molar refractivity (Wildman–Crippen MR) is 73.8 cm³/mol. The van der Waals surface area contributed by atoms with Crippen molar-refractivity contribution in [3.8, 4) is 5.75 Å². The second-order valence-corrected chi connectivity index (χ2v) is 3.34. The molecule has 0 fully saturated rings. The van der Waals surface area contributed by atoms with Crippen LogP contribution in [0.3, 0.4) is 0 Å². The zero-order valence-corrected chi connectivity index (χ0v) is 9.66. The van der Waals surface area contributed by atoms with E-state index in [1.807, 2.05) is 36.4 Å². The summed E-state index contributed by atoms with van der Waals surface area (Å²) in [6.45, 7) is 3.59. The van der Waals surface area contributed by atoms with Gasteiger partial charge in [-0.1, -0.05) is 73.3 Å². The molecular formula is C16H16O. The first kappa shape index (κ1) is 12.8. The van der Waals surface area contributed by atoms with Gasteiger partial charge in [-0.15, -0.1) is 0 Å². The second kappa shape index (κ2) is 7.94. The minimum absolute atomic E-state index is 0.322.